The maximum absolute atomic E-state index is 11.4. The molecule has 1 aromatic heterocycles. The van der Waals surface area contributed by atoms with E-state index in [1.165, 1.54) is 6.20 Å². The lowest BCUT2D eigenvalue weighted by Crippen LogP contribution is -2.10. The van der Waals surface area contributed by atoms with Gasteiger partial charge in [0.15, 0.2) is 0 Å². The van der Waals surface area contributed by atoms with Crippen molar-refractivity contribution in [1.82, 2.24) is 4.98 Å². The van der Waals surface area contributed by atoms with Crippen molar-refractivity contribution >= 4 is 43.9 Å². The minimum absolute atomic E-state index is 0.0961. The van der Waals surface area contributed by atoms with E-state index in [4.69, 9.17) is 6.57 Å². The molecule has 7 heteroatoms. The SMILES string of the molecule is [C-]#[N+]C(C)(C)c1ccc(Nc2c([N+](=O)[O-])cnc3ccc(Br)cc23)cc1. The van der Waals surface area contributed by atoms with Gasteiger partial charge in [-0.1, -0.05) is 15.9 Å². The van der Waals surface area contributed by atoms with Gasteiger partial charge in [0.05, 0.1) is 10.4 Å². The van der Waals surface area contributed by atoms with Crippen molar-refractivity contribution in [3.63, 3.8) is 0 Å². The normalized spacial score (nSPS) is 11.2. The predicted molar refractivity (Wildman–Crippen MR) is 105 cm³/mol. The van der Waals surface area contributed by atoms with Crippen LogP contribution in [-0.2, 0) is 5.54 Å². The number of benzene rings is 2. The Morgan fingerprint density at radius 1 is 1.23 bits per heavy atom. The van der Waals surface area contributed by atoms with Crippen LogP contribution < -0.4 is 5.32 Å². The van der Waals surface area contributed by atoms with Gasteiger partial charge in [0, 0.05) is 35.0 Å². The highest BCUT2D eigenvalue weighted by atomic mass is 79.9. The van der Waals surface area contributed by atoms with Gasteiger partial charge in [0.25, 0.3) is 5.54 Å². The molecule has 2 aromatic carbocycles. The van der Waals surface area contributed by atoms with Gasteiger partial charge in [-0.2, -0.15) is 0 Å². The topological polar surface area (TPSA) is 72.4 Å². The Morgan fingerprint density at radius 2 is 1.92 bits per heavy atom. The second-order valence-corrected chi connectivity index (χ2v) is 7.23. The average Bonchev–Trinajstić information content (AvgIpc) is 2.62. The molecule has 0 amide bonds. The first-order chi connectivity index (χ1) is 12.3. The summed E-state index contributed by atoms with van der Waals surface area (Å²) in [7, 11) is 0. The molecule has 26 heavy (non-hydrogen) atoms. The summed E-state index contributed by atoms with van der Waals surface area (Å²) in [6.07, 6.45) is 1.26. The molecule has 0 spiro atoms. The van der Waals surface area contributed by atoms with Crippen molar-refractivity contribution in [3.8, 4) is 0 Å². The molecule has 0 radical (unpaired) electrons. The highest BCUT2D eigenvalue weighted by molar-refractivity contribution is 9.10. The molecule has 3 rings (SSSR count). The number of halogens is 1. The van der Waals surface area contributed by atoms with Crippen LogP contribution in [0.25, 0.3) is 15.7 Å². The predicted octanol–water partition coefficient (Wildman–Crippen LogP) is 5.80. The van der Waals surface area contributed by atoms with Crippen LogP contribution in [0.3, 0.4) is 0 Å². The highest BCUT2D eigenvalue weighted by Gasteiger charge is 2.25. The number of nitro groups is 1. The monoisotopic (exact) mass is 410 g/mol. The minimum Gasteiger partial charge on any atom is -0.349 e. The fourth-order valence-electron chi connectivity index (χ4n) is 2.59. The molecule has 0 bridgehead atoms. The van der Waals surface area contributed by atoms with E-state index in [1.807, 2.05) is 44.2 Å². The molecular weight excluding hydrogens is 396 g/mol. The summed E-state index contributed by atoms with van der Waals surface area (Å²) < 4.78 is 0.810. The van der Waals surface area contributed by atoms with E-state index in [1.54, 1.807) is 12.1 Å². The zero-order valence-corrected chi connectivity index (χ0v) is 15.7. The van der Waals surface area contributed by atoms with Crippen molar-refractivity contribution in [3.05, 3.63) is 80.2 Å². The molecule has 3 aromatic rings. The number of pyridine rings is 1. The number of nitrogens with one attached hydrogen (secondary N) is 1. The molecule has 6 nitrogen and oxygen atoms in total. The molecule has 0 saturated heterocycles. The first kappa shape index (κ1) is 17.8. The fourth-order valence-corrected chi connectivity index (χ4v) is 2.96. The molecule has 0 aliphatic heterocycles. The minimum atomic E-state index is -0.612. The zero-order valence-electron chi connectivity index (χ0n) is 14.2. The van der Waals surface area contributed by atoms with Gasteiger partial charge in [-0.05, 0) is 42.5 Å². The molecular formula is C19H15BrN4O2. The van der Waals surface area contributed by atoms with Crippen LogP contribution in [-0.4, -0.2) is 9.91 Å². The van der Waals surface area contributed by atoms with Crippen LogP contribution in [0.15, 0.2) is 53.1 Å². The van der Waals surface area contributed by atoms with Gasteiger partial charge in [0.2, 0.25) is 0 Å². The number of rotatable bonds is 4. The molecule has 0 fully saturated rings. The number of hydrogen-bond donors (Lipinski definition) is 1. The van der Waals surface area contributed by atoms with Crippen molar-refractivity contribution in [2.75, 3.05) is 5.32 Å². The maximum atomic E-state index is 11.4. The molecule has 0 unspecified atom stereocenters. The van der Waals surface area contributed by atoms with E-state index >= 15 is 0 Å². The smallest absolute Gasteiger partial charge is 0.311 e. The third-order valence-corrected chi connectivity index (χ3v) is 4.64. The molecule has 0 saturated carbocycles. The molecule has 1 N–H and O–H groups in total. The quantitative estimate of drug-likeness (QED) is 0.334. The van der Waals surface area contributed by atoms with Gasteiger partial charge in [-0.15, -0.1) is 0 Å². The standard InChI is InChI=1S/C19H15BrN4O2/c1-19(2,21-3)12-4-7-14(8-5-12)23-18-15-10-13(20)6-9-16(15)22-11-17(18)24(25)26/h4-11H,1-2H3,(H,22,23). The third-order valence-electron chi connectivity index (χ3n) is 4.15. The first-order valence-corrected chi connectivity index (χ1v) is 8.60. The summed E-state index contributed by atoms with van der Waals surface area (Å²) in [6, 6.07) is 12.8. The Labute approximate surface area is 159 Å². The number of fused-ring (bicyclic) bond motifs is 1. The number of hydrogen-bond acceptors (Lipinski definition) is 4. The molecule has 0 aliphatic rings. The summed E-state index contributed by atoms with van der Waals surface area (Å²) in [5, 5.41) is 15.2. The van der Waals surface area contributed by atoms with Crippen LogP contribution in [0.2, 0.25) is 0 Å². The third kappa shape index (κ3) is 3.37. The van der Waals surface area contributed by atoms with E-state index in [0.717, 1.165) is 10.0 Å². The van der Waals surface area contributed by atoms with Gasteiger partial charge in [0.1, 0.15) is 11.9 Å². The lowest BCUT2D eigenvalue weighted by atomic mass is 9.95. The van der Waals surface area contributed by atoms with Crippen molar-refractivity contribution < 1.29 is 4.92 Å². The van der Waals surface area contributed by atoms with E-state index in [-0.39, 0.29) is 5.69 Å². The van der Waals surface area contributed by atoms with Gasteiger partial charge in [-0.25, -0.2) is 11.6 Å². The lowest BCUT2D eigenvalue weighted by Gasteiger charge is -2.14. The van der Waals surface area contributed by atoms with Crippen LogP contribution in [0.1, 0.15) is 19.4 Å². The number of nitrogens with zero attached hydrogens (tertiary/aromatic N) is 3. The highest BCUT2D eigenvalue weighted by Crippen LogP contribution is 2.36. The molecule has 0 atom stereocenters. The van der Waals surface area contributed by atoms with Crippen molar-refractivity contribution in [2.24, 2.45) is 0 Å². The van der Waals surface area contributed by atoms with E-state index in [0.29, 0.717) is 22.3 Å². The lowest BCUT2D eigenvalue weighted by molar-refractivity contribution is -0.384. The van der Waals surface area contributed by atoms with E-state index in [9.17, 15) is 10.1 Å². The second-order valence-electron chi connectivity index (χ2n) is 6.31. The van der Waals surface area contributed by atoms with Crippen LogP contribution in [0.5, 0.6) is 0 Å². The van der Waals surface area contributed by atoms with Crippen LogP contribution in [0.4, 0.5) is 17.1 Å². The fraction of sp³-hybridized carbons (Fsp3) is 0.158. The summed E-state index contributed by atoms with van der Waals surface area (Å²) in [5.74, 6) is 0. The van der Waals surface area contributed by atoms with Crippen LogP contribution in [0, 0.1) is 16.7 Å². The number of aromatic nitrogens is 1. The molecule has 0 aliphatic carbocycles. The Balaban J connectivity index is 2.08. The van der Waals surface area contributed by atoms with Gasteiger partial charge >= 0.3 is 5.69 Å². The van der Waals surface area contributed by atoms with Crippen molar-refractivity contribution in [2.45, 2.75) is 19.4 Å². The van der Waals surface area contributed by atoms with Gasteiger partial charge < -0.3 is 10.2 Å². The first-order valence-electron chi connectivity index (χ1n) is 7.80. The Morgan fingerprint density at radius 3 is 2.54 bits per heavy atom. The summed E-state index contributed by atoms with van der Waals surface area (Å²) in [6.45, 7) is 11.0. The van der Waals surface area contributed by atoms with E-state index in [2.05, 4.69) is 31.1 Å². The second kappa shape index (κ2) is 6.73. The Kier molecular flexibility index (Phi) is 4.62. The van der Waals surface area contributed by atoms with E-state index < -0.39 is 10.5 Å². The zero-order chi connectivity index (χ0) is 18.9. The maximum Gasteiger partial charge on any atom is 0.311 e. The molecule has 130 valence electrons. The summed E-state index contributed by atoms with van der Waals surface area (Å²) >= 11 is 3.40. The number of anilines is 2. The Hall–Kier alpha value is -2.98. The molecule has 1 heterocycles. The average molecular weight is 411 g/mol. The Bertz CT molecular complexity index is 1040. The summed E-state index contributed by atoms with van der Waals surface area (Å²) in [4.78, 5) is 18.8. The largest absolute Gasteiger partial charge is 0.349 e. The van der Waals surface area contributed by atoms with Gasteiger partial charge in [-0.3, -0.25) is 10.1 Å². The summed E-state index contributed by atoms with van der Waals surface area (Å²) in [5.41, 5.74) is 1.92. The van der Waals surface area contributed by atoms with Crippen LogP contribution >= 0.6 is 15.9 Å². The van der Waals surface area contributed by atoms with Crippen molar-refractivity contribution in [1.29, 1.82) is 0 Å².